The van der Waals surface area contributed by atoms with Gasteiger partial charge in [0.1, 0.15) is 11.1 Å². The van der Waals surface area contributed by atoms with E-state index >= 15 is 0 Å². The van der Waals surface area contributed by atoms with Crippen LogP contribution in [0.5, 0.6) is 11.5 Å². The van der Waals surface area contributed by atoms with E-state index in [1.54, 1.807) is 23.8 Å². The van der Waals surface area contributed by atoms with Crippen molar-refractivity contribution in [3.8, 4) is 11.5 Å². The van der Waals surface area contributed by atoms with E-state index in [0.717, 1.165) is 32.1 Å². The summed E-state index contributed by atoms with van der Waals surface area (Å²) in [6.07, 6.45) is 5.13. The van der Waals surface area contributed by atoms with E-state index < -0.39 is 17.0 Å². The minimum absolute atomic E-state index is 0.000836. The number of nitrogens with zero attached hydrogens (tertiary/aromatic N) is 1. The molecule has 1 aliphatic heterocycles. The Morgan fingerprint density at radius 2 is 1.97 bits per heavy atom. The first-order valence-corrected chi connectivity index (χ1v) is 11.6. The Morgan fingerprint density at radius 3 is 2.70 bits per heavy atom. The standard InChI is InChI=1S/C24H31N3O6/c1-32-18-8-7-16-15-17(22(30)27-12-5-2-6-14-33-20(18)19(16)27)21(29)26-24(9-3-4-10-24)23(31)25-11-13-28/h7-8,15,28H,2-6,9-14H2,1H3,(H,25,31)(H,26,29). The van der Waals surface area contributed by atoms with Gasteiger partial charge in [-0.25, -0.2) is 0 Å². The van der Waals surface area contributed by atoms with Crippen LogP contribution in [0, 0.1) is 0 Å². The van der Waals surface area contributed by atoms with Crippen LogP contribution in [0.4, 0.5) is 0 Å². The van der Waals surface area contributed by atoms with E-state index in [-0.39, 0.29) is 24.6 Å². The van der Waals surface area contributed by atoms with E-state index in [2.05, 4.69) is 10.6 Å². The quantitative estimate of drug-likeness (QED) is 0.608. The Kier molecular flexibility index (Phi) is 6.88. The van der Waals surface area contributed by atoms with Gasteiger partial charge in [0.2, 0.25) is 5.91 Å². The molecule has 9 nitrogen and oxygen atoms in total. The summed E-state index contributed by atoms with van der Waals surface area (Å²) >= 11 is 0. The lowest BCUT2D eigenvalue weighted by atomic mass is 9.95. The van der Waals surface area contributed by atoms with Gasteiger partial charge < -0.3 is 29.8 Å². The van der Waals surface area contributed by atoms with E-state index in [0.29, 0.717) is 48.4 Å². The Morgan fingerprint density at radius 1 is 1.18 bits per heavy atom. The van der Waals surface area contributed by atoms with Gasteiger partial charge in [-0.1, -0.05) is 12.8 Å². The van der Waals surface area contributed by atoms with Crippen LogP contribution < -0.4 is 25.7 Å². The number of ether oxygens (including phenoxy) is 2. The number of pyridine rings is 1. The first-order valence-electron chi connectivity index (χ1n) is 11.6. The average molecular weight is 458 g/mol. The molecule has 1 aromatic carbocycles. The third kappa shape index (κ3) is 4.42. The van der Waals surface area contributed by atoms with Gasteiger partial charge in [-0.05, 0) is 50.3 Å². The van der Waals surface area contributed by atoms with Crippen LogP contribution in [0.2, 0.25) is 0 Å². The second-order valence-corrected chi connectivity index (χ2v) is 8.68. The van der Waals surface area contributed by atoms with Gasteiger partial charge in [0, 0.05) is 18.5 Å². The van der Waals surface area contributed by atoms with Crippen molar-refractivity contribution in [2.45, 2.75) is 57.0 Å². The molecule has 0 atom stereocenters. The van der Waals surface area contributed by atoms with Crippen LogP contribution in [0.1, 0.15) is 55.3 Å². The van der Waals surface area contributed by atoms with Gasteiger partial charge in [0.15, 0.2) is 11.5 Å². The molecule has 0 saturated heterocycles. The highest BCUT2D eigenvalue weighted by Crippen LogP contribution is 2.36. The number of carbonyl (C=O) groups excluding carboxylic acids is 2. The van der Waals surface area contributed by atoms with Crippen LogP contribution in [0.3, 0.4) is 0 Å². The second-order valence-electron chi connectivity index (χ2n) is 8.68. The summed E-state index contributed by atoms with van der Waals surface area (Å²) in [5.74, 6) is 0.163. The number of methoxy groups -OCH3 is 1. The maximum Gasteiger partial charge on any atom is 0.264 e. The largest absolute Gasteiger partial charge is 0.493 e. The van der Waals surface area contributed by atoms with Crippen molar-refractivity contribution in [3.63, 3.8) is 0 Å². The molecule has 2 amide bonds. The van der Waals surface area contributed by atoms with Crippen molar-refractivity contribution in [2.24, 2.45) is 0 Å². The van der Waals surface area contributed by atoms with Gasteiger partial charge in [0.25, 0.3) is 11.5 Å². The number of hydrogen-bond acceptors (Lipinski definition) is 6. The summed E-state index contributed by atoms with van der Waals surface area (Å²) < 4.78 is 13.1. The van der Waals surface area contributed by atoms with Crippen LogP contribution in [0.25, 0.3) is 10.9 Å². The fourth-order valence-electron chi connectivity index (χ4n) is 4.84. The lowest BCUT2D eigenvalue weighted by Crippen LogP contribution is -2.58. The SMILES string of the molecule is COc1ccc2cc(C(=O)NC3(C(=O)NCCO)CCCC3)c(=O)n3c2c1OCCCCC3. The van der Waals surface area contributed by atoms with Crippen LogP contribution >= 0.6 is 0 Å². The Hall–Kier alpha value is -3.07. The molecule has 1 fully saturated rings. The number of aliphatic hydroxyl groups is 1. The van der Waals surface area contributed by atoms with E-state index in [4.69, 9.17) is 14.6 Å². The predicted octanol–water partition coefficient (Wildman–Crippen LogP) is 1.72. The smallest absolute Gasteiger partial charge is 0.264 e. The van der Waals surface area contributed by atoms with Crippen LogP contribution in [0.15, 0.2) is 23.0 Å². The minimum atomic E-state index is -1.07. The van der Waals surface area contributed by atoms with E-state index in [1.807, 2.05) is 6.07 Å². The van der Waals surface area contributed by atoms with Gasteiger partial charge in [-0.2, -0.15) is 0 Å². The van der Waals surface area contributed by atoms with Crippen molar-refractivity contribution in [1.29, 1.82) is 0 Å². The predicted molar refractivity (Wildman–Crippen MR) is 123 cm³/mol. The summed E-state index contributed by atoms with van der Waals surface area (Å²) in [5, 5.41) is 15.3. The summed E-state index contributed by atoms with van der Waals surface area (Å²) in [6.45, 7) is 0.919. The molecule has 2 heterocycles. The molecule has 0 spiro atoms. The summed E-state index contributed by atoms with van der Waals surface area (Å²) in [7, 11) is 1.56. The Labute approximate surface area is 192 Å². The first-order chi connectivity index (χ1) is 16.0. The highest BCUT2D eigenvalue weighted by atomic mass is 16.5. The highest BCUT2D eigenvalue weighted by molar-refractivity contribution is 6.02. The molecular weight excluding hydrogens is 426 g/mol. The molecule has 0 radical (unpaired) electrons. The number of amides is 2. The highest BCUT2D eigenvalue weighted by Gasteiger charge is 2.42. The van der Waals surface area contributed by atoms with Crippen LogP contribution in [-0.2, 0) is 11.3 Å². The topological polar surface area (TPSA) is 119 Å². The van der Waals surface area contributed by atoms with Crippen molar-refractivity contribution >= 4 is 22.7 Å². The number of aromatic nitrogens is 1. The molecule has 1 aliphatic carbocycles. The number of aliphatic hydroxyl groups excluding tert-OH is 1. The fraction of sp³-hybridized carbons (Fsp3) is 0.542. The monoisotopic (exact) mass is 457 g/mol. The molecule has 3 N–H and O–H groups in total. The zero-order valence-electron chi connectivity index (χ0n) is 18.9. The maximum absolute atomic E-state index is 13.5. The van der Waals surface area contributed by atoms with Crippen molar-refractivity contribution in [2.75, 3.05) is 26.9 Å². The molecule has 9 heteroatoms. The molecule has 2 aromatic rings. The van der Waals surface area contributed by atoms with Crippen molar-refractivity contribution < 1.29 is 24.2 Å². The van der Waals surface area contributed by atoms with E-state index in [9.17, 15) is 14.4 Å². The number of hydrogen-bond donors (Lipinski definition) is 3. The summed E-state index contributed by atoms with van der Waals surface area (Å²) in [5.41, 5.74) is -0.868. The van der Waals surface area contributed by atoms with Gasteiger partial charge >= 0.3 is 0 Å². The lowest BCUT2D eigenvalue weighted by Gasteiger charge is -2.29. The zero-order chi connectivity index (χ0) is 23.4. The number of aryl methyl sites for hydroxylation is 1. The molecule has 4 rings (SSSR count). The maximum atomic E-state index is 13.5. The fourth-order valence-corrected chi connectivity index (χ4v) is 4.84. The number of nitrogens with one attached hydrogen (secondary N) is 2. The number of rotatable bonds is 6. The normalized spacial score (nSPS) is 17.4. The molecule has 1 saturated carbocycles. The number of benzene rings is 1. The lowest BCUT2D eigenvalue weighted by molar-refractivity contribution is -0.127. The van der Waals surface area contributed by atoms with Crippen LogP contribution in [-0.4, -0.2) is 53.9 Å². The molecule has 33 heavy (non-hydrogen) atoms. The van der Waals surface area contributed by atoms with Crippen molar-refractivity contribution in [3.05, 3.63) is 34.1 Å². The molecule has 0 unspecified atom stereocenters. The third-order valence-corrected chi connectivity index (χ3v) is 6.55. The van der Waals surface area contributed by atoms with Gasteiger partial charge in [-0.3, -0.25) is 14.4 Å². The summed E-state index contributed by atoms with van der Waals surface area (Å²) in [4.78, 5) is 39.7. The molecule has 0 bridgehead atoms. The average Bonchev–Trinajstić information content (AvgIpc) is 3.32. The first kappa shape index (κ1) is 23.1. The zero-order valence-corrected chi connectivity index (χ0v) is 18.9. The molecule has 178 valence electrons. The van der Waals surface area contributed by atoms with Gasteiger partial charge in [-0.15, -0.1) is 0 Å². The minimum Gasteiger partial charge on any atom is -0.493 e. The van der Waals surface area contributed by atoms with Gasteiger partial charge in [0.05, 0.1) is 25.8 Å². The molecule has 1 aromatic heterocycles. The van der Waals surface area contributed by atoms with E-state index in [1.165, 1.54) is 0 Å². The Bertz CT molecular complexity index is 1100. The Balaban J connectivity index is 1.77. The molecule has 2 aliphatic rings. The number of carbonyl (C=O) groups is 2. The second kappa shape index (κ2) is 9.82. The van der Waals surface area contributed by atoms with Crippen molar-refractivity contribution in [1.82, 2.24) is 15.2 Å². The summed E-state index contributed by atoms with van der Waals surface area (Å²) in [6, 6.07) is 5.15. The third-order valence-electron chi connectivity index (χ3n) is 6.55. The molecular formula is C24H31N3O6.